The fraction of sp³-hybridized carbons (Fsp3) is 0.0667. The maximum absolute atomic E-state index is 3.57. The summed E-state index contributed by atoms with van der Waals surface area (Å²) in [5.41, 5.74) is 9.00. The highest BCUT2D eigenvalue weighted by Crippen LogP contribution is 2.38. The van der Waals surface area contributed by atoms with Gasteiger partial charge >= 0.3 is 0 Å². The number of nitrogens with one attached hydrogen (secondary N) is 1. The van der Waals surface area contributed by atoms with E-state index in [2.05, 4.69) is 119 Å². The van der Waals surface area contributed by atoms with Crippen LogP contribution in [0.25, 0.3) is 44.5 Å². The lowest BCUT2D eigenvalue weighted by Gasteiger charge is -2.18. The van der Waals surface area contributed by atoms with Crippen LogP contribution in [0.5, 0.6) is 0 Å². The molecule has 2 heteroatoms. The smallest absolute Gasteiger partial charge is 0.0541 e. The summed E-state index contributed by atoms with van der Waals surface area (Å²) in [6.07, 6.45) is 5.65. The first-order valence-corrected chi connectivity index (χ1v) is 11.2. The van der Waals surface area contributed by atoms with Crippen molar-refractivity contribution in [1.29, 1.82) is 0 Å². The minimum atomic E-state index is 0.380. The van der Waals surface area contributed by atoms with Crippen molar-refractivity contribution in [1.82, 2.24) is 9.55 Å². The maximum Gasteiger partial charge on any atom is 0.0541 e. The Kier molecular flexibility index (Phi) is 3.71. The van der Waals surface area contributed by atoms with Crippen molar-refractivity contribution in [2.75, 3.05) is 0 Å². The number of hydrogen-bond donors (Lipinski definition) is 1. The van der Waals surface area contributed by atoms with Crippen molar-refractivity contribution in [3.8, 4) is 5.69 Å². The number of fused-ring (bicyclic) bond motifs is 6. The fourth-order valence-electron chi connectivity index (χ4n) is 5.39. The molecule has 0 aliphatic heterocycles. The van der Waals surface area contributed by atoms with Gasteiger partial charge in [-0.3, -0.25) is 0 Å². The van der Waals surface area contributed by atoms with E-state index in [1.807, 2.05) is 0 Å². The molecule has 0 saturated heterocycles. The maximum atomic E-state index is 3.57. The molecule has 7 rings (SSSR count). The Morgan fingerprint density at radius 2 is 1.44 bits per heavy atom. The Hall–Kier alpha value is -4.04. The molecule has 32 heavy (non-hydrogen) atoms. The molecule has 0 radical (unpaired) electrons. The highest BCUT2D eigenvalue weighted by molar-refractivity contribution is 6.09. The molecule has 1 aliphatic carbocycles. The Morgan fingerprint density at radius 1 is 0.688 bits per heavy atom. The minimum Gasteiger partial charge on any atom is -0.355 e. The molecule has 0 fully saturated rings. The van der Waals surface area contributed by atoms with Crippen LogP contribution in [0.1, 0.15) is 22.7 Å². The van der Waals surface area contributed by atoms with Gasteiger partial charge in [0.05, 0.1) is 11.0 Å². The first-order valence-electron chi connectivity index (χ1n) is 11.2. The number of benzene rings is 4. The van der Waals surface area contributed by atoms with Gasteiger partial charge in [-0.1, -0.05) is 66.7 Å². The molecule has 1 N–H and O–H groups in total. The lowest BCUT2D eigenvalue weighted by Crippen LogP contribution is -2.05. The van der Waals surface area contributed by atoms with Crippen molar-refractivity contribution in [3.05, 3.63) is 120 Å². The zero-order valence-electron chi connectivity index (χ0n) is 17.6. The lowest BCUT2D eigenvalue weighted by atomic mass is 9.86. The first-order chi connectivity index (χ1) is 15.9. The van der Waals surface area contributed by atoms with Crippen molar-refractivity contribution in [3.63, 3.8) is 0 Å². The van der Waals surface area contributed by atoms with Crippen LogP contribution in [0, 0.1) is 0 Å². The first kappa shape index (κ1) is 17.6. The number of allylic oxidation sites excluding steroid dienone is 1. The second kappa shape index (κ2) is 6.73. The molecule has 6 aromatic rings. The van der Waals surface area contributed by atoms with Gasteiger partial charge in [0, 0.05) is 39.0 Å². The molecular weight excluding hydrogens is 388 g/mol. The van der Waals surface area contributed by atoms with Crippen LogP contribution >= 0.6 is 0 Å². The van der Waals surface area contributed by atoms with Gasteiger partial charge < -0.3 is 9.55 Å². The van der Waals surface area contributed by atoms with Crippen LogP contribution in [0.4, 0.5) is 0 Å². The fourth-order valence-corrected chi connectivity index (χ4v) is 5.39. The third kappa shape index (κ3) is 2.53. The number of para-hydroxylation sites is 3. The molecule has 2 aromatic heterocycles. The normalized spacial score (nSPS) is 15.6. The summed E-state index contributed by atoms with van der Waals surface area (Å²) in [5.74, 6) is 0.380. The summed E-state index contributed by atoms with van der Waals surface area (Å²) < 4.78 is 2.38. The number of nitrogens with zero attached hydrogens (tertiary/aromatic N) is 1. The summed E-state index contributed by atoms with van der Waals surface area (Å²) >= 11 is 0. The van der Waals surface area contributed by atoms with Crippen molar-refractivity contribution in [2.24, 2.45) is 0 Å². The van der Waals surface area contributed by atoms with Crippen molar-refractivity contribution in [2.45, 2.75) is 12.3 Å². The highest BCUT2D eigenvalue weighted by Gasteiger charge is 2.21. The molecule has 1 atom stereocenters. The van der Waals surface area contributed by atoms with Gasteiger partial charge in [0.1, 0.15) is 0 Å². The van der Waals surface area contributed by atoms with Crippen LogP contribution in [-0.2, 0) is 6.42 Å². The third-order valence-corrected chi connectivity index (χ3v) is 6.91. The standard InChI is InChI=1S/C30H22N2/c1-2-8-22(9-3-1)32-29-13-7-5-11-24(29)26-19-21(15-17-30(26)32)20-14-16-28-25(18-20)23-10-4-6-12-27(23)31-28/h1-17,19-20,31H,18H2. The molecule has 0 saturated carbocycles. The summed E-state index contributed by atoms with van der Waals surface area (Å²) in [7, 11) is 0. The summed E-state index contributed by atoms with van der Waals surface area (Å²) in [6, 6.07) is 35.1. The molecule has 2 nitrogen and oxygen atoms in total. The van der Waals surface area contributed by atoms with Gasteiger partial charge in [-0.05, 0) is 60.0 Å². The Labute approximate surface area is 186 Å². The minimum absolute atomic E-state index is 0.380. The summed E-state index contributed by atoms with van der Waals surface area (Å²) in [6.45, 7) is 0. The zero-order valence-corrected chi connectivity index (χ0v) is 17.6. The van der Waals surface area contributed by atoms with E-state index in [0.717, 1.165) is 6.42 Å². The van der Waals surface area contributed by atoms with E-state index in [-0.39, 0.29) is 0 Å². The number of hydrogen-bond acceptors (Lipinski definition) is 0. The van der Waals surface area contributed by atoms with Gasteiger partial charge in [0.15, 0.2) is 0 Å². The predicted octanol–water partition coefficient (Wildman–Crippen LogP) is 7.62. The topological polar surface area (TPSA) is 20.7 Å². The average Bonchev–Trinajstić information content (AvgIpc) is 3.39. The van der Waals surface area contributed by atoms with E-state index in [9.17, 15) is 0 Å². The molecule has 1 unspecified atom stereocenters. The second-order valence-corrected chi connectivity index (χ2v) is 8.70. The number of aromatic nitrogens is 2. The third-order valence-electron chi connectivity index (χ3n) is 6.91. The van der Waals surface area contributed by atoms with Crippen LogP contribution in [0.15, 0.2) is 103 Å². The van der Waals surface area contributed by atoms with E-state index >= 15 is 0 Å². The molecular formula is C30H22N2. The number of H-pyrrole nitrogens is 1. The van der Waals surface area contributed by atoms with Crippen molar-refractivity contribution < 1.29 is 0 Å². The molecule has 2 heterocycles. The molecule has 0 spiro atoms. The van der Waals surface area contributed by atoms with E-state index in [4.69, 9.17) is 0 Å². The zero-order chi connectivity index (χ0) is 21.1. The van der Waals surface area contributed by atoms with E-state index in [0.29, 0.717) is 5.92 Å². The summed E-state index contributed by atoms with van der Waals surface area (Å²) in [5, 5.41) is 3.97. The SMILES string of the molecule is C1=CC(c2ccc3c(c2)c2ccccc2n3-c2ccccc2)Cc2c1[nH]c1ccccc21. The van der Waals surface area contributed by atoms with Gasteiger partial charge in [-0.2, -0.15) is 0 Å². The van der Waals surface area contributed by atoms with Gasteiger partial charge in [-0.25, -0.2) is 0 Å². The monoisotopic (exact) mass is 410 g/mol. The van der Waals surface area contributed by atoms with Gasteiger partial charge in [0.2, 0.25) is 0 Å². The highest BCUT2D eigenvalue weighted by atomic mass is 15.0. The number of rotatable bonds is 2. The quantitative estimate of drug-likeness (QED) is 0.303. The van der Waals surface area contributed by atoms with Gasteiger partial charge in [-0.15, -0.1) is 0 Å². The molecule has 1 aliphatic rings. The average molecular weight is 411 g/mol. The summed E-state index contributed by atoms with van der Waals surface area (Å²) in [4.78, 5) is 3.57. The Morgan fingerprint density at radius 3 is 2.34 bits per heavy atom. The molecule has 152 valence electrons. The van der Waals surface area contributed by atoms with Crippen LogP contribution in [0.2, 0.25) is 0 Å². The van der Waals surface area contributed by atoms with Gasteiger partial charge in [0.25, 0.3) is 0 Å². The van der Waals surface area contributed by atoms with E-state index < -0.39 is 0 Å². The van der Waals surface area contributed by atoms with Crippen LogP contribution in [-0.4, -0.2) is 9.55 Å². The second-order valence-electron chi connectivity index (χ2n) is 8.70. The van der Waals surface area contributed by atoms with Crippen LogP contribution < -0.4 is 0 Å². The molecule has 0 bridgehead atoms. The molecule has 4 aromatic carbocycles. The predicted molar refractivity (Wildman–Crippen MR) is 135 cm³/mol. The lowest BCUT2D eigenvalue weighted by molar-refractivity contribution is 0.832. The Balaban J connectivity index is 1.39. The van der Waals surface area contributed by atoms with E-state index in [1.165, 1.54) is 55.2 Å². The van der Waals surface area contributed by atoms with Crippen LogP contribution in [0.3, 0.4) is 0 Å². The van der Waals surface area contributed by atoms with Crippen molar-refractivity contribution >= 4 is 38.8 Å². The largest absolute Gasteiger partial charge is 0.355 e. The van der Waals surface area contributed by atoms with E-state index in [1.54, 1.807) is 0 Å². The number of aromatic amines is 1. The molecule has 0 amide bonds. The Bertz CT molecular complexity index is 1650.